The molecular formula is C22H30N4O. The molecule has 2 aromatic rings. The molecule has 0 saturated carbocycles. The minimum Gasteiger partial charge on any atom is -0.489 e. The van der Waals surface area contributed by atoms with Crippen LogP contribution in [0.3, 0.4) is 0 Å². The molecule has 0 aliphatic carbocycles. The number of ether oxygens (including phenoxy) is 1. The topological polar surface area (TPSA) is 48.9 Å². The van der Waals surface area contributed by atoms with Crippen LogP contribution in [0, 0.1) is 0 Å². The highest BCUT2D eigenvalue weighted by atomic mass is 16.5. The molecule has 0 unspecified atom stereocenters. The van der Waals surface area contributed by atoms with Crippen LogP contribution in [-0.2, 0) is 13.0 Å². The van der Waals surface area contributed by atoms with Crippen molar-refractivity contribution in [2.24, 2.45) is 4.99 Å². The molecule has 0 spiro atoms. The Balaban J connectivity index is 1.81. The number of guanidine groups is 1. The van der Waals surface area contributed by atoms with Gasteiger partial charge in [-0.15, -0.1) is 0 Å². The standard InChI is InChI=1S/C22H30N4O/c1-5-16-27-21-9-7-6-8-19(21)17-25-22(23-2)24-15-14-18-10-12-20(13-11-18)26(3)4/h5-13H,1,14-17H2,2-4H3,(H2,23,24,25). The highest BCUT2D eigenvalue weighted by Gasteiger charge is 2.04. The van der Waals surface area contributed by atoms with Gasteiger partial charge in [-0.1, -0.05) is 43.0 Å². The Bertz CT molecular complexity index is 738. The fourth-order valence-corrected chi connectivity index (χ4v) is 2.62. The zero-order valence-electron chi connectivity index (χ0n) is 16.5. The largest absolute Gasteiger partial charge is 0.489 e. The monoisotopic (exact) mass is 366 g/mol. The van der Waals surface area contributed by atoms with Crippen LogP contribution in [0.2, 0.25) is 0 Å². The number of nitrogens with one attached hydrogen (secondary N) is 2. The molecule has 5 nitrogen and oxygen atoms in total. The van der Waals surface area contributed by atoms with Crippen molar-refractivity contribution in [1.29, 1.82) is 0 Å². The molecule has 0 aromatic heterocycles. The second kappa shape index (κ2) is 10.9. The number of hydrogen-bond donors (Lipinski definition) is 2. The first-order valence-electron chi connectivity index (χ1n) is 9.16. The van der Waals surface area contributed by atoms with Crippen molar-refractivity contribution < 1.29 is 4.74 Å². The molecule has 0 heterocycles. The van der Waals surface area contributed by atoms with Crippen LogP contribution in [0.4, 0.5) is 5.69 Å². The molecule has 0 bridgehead atoms. The Morgan fingerprint density at radius 3 is 2.52 bits per heavy atom. The van der Waals surface area contributed by atoms with Gasteiger partial charge in [0.2, 0.25) is 0 Å². The van der Waals surface area contributed by atoms with Gasteiger partial charge in [0, 0.05) is 45.5 Å². The maximum atomic E-state index is 5.70. The lowest BCUT2D eigenvalue weighted by molar-refractivity contribution is 0.358. The Kier molecular flexibility index (Phi) is 8.23. The molecule has 0 radical (unpaired) electrons. The zero-order chi connectivity index (χ0) is 19.5. The van der Waals surface area contributed by atoms with Gasteiger partial charge in [-0.2, -0.15) is 0 Å². The quantitative estimate of drug-likeness (QED) is 0.406. The number of anilines is 1. The van der Waals surface area contributed by atoms with E-state index in [0.717, 1.165) is 30.2 Å². The summed E-state index contributed by atoms with van der Waals surface area (Å²) in [6.07, 6.45) is 2.68. The Labute approximate surface area is 162 Å². The second-order valence-electron chi connectivity index (χ2n) is 6.37. The highest BCUT2D eigenvalue weighted by Crippen LogP contribution is 2.17. The fraction of sp³-hybridized carbons (Fsp3) is 0.318. The van der Waals surface area contributed by atoms with Crippen LogP contribution in [0.5, 0.6) is 5.75 Å². The molecule has 2 rings (SSSR count). The van der Waals surface area contributed by atoms with E-state index in [1.807, 2.05) is 38.4 Å². The number of nitrogens with zero attached hydrogens (tertiary/aromatic N) is 2. The van der Waals surface area contributed by atoms with Crippen molar-refractivity contribution in [3.63, 3.8) is 0 Å². The summed E-state index contributed by atoms with van der Waals surface area (Å²) in [4.78, 5) is 6.40. The molecule has 2 N–H and O–H groups in total. The first-order chi connectivity index (χ1) is 13.1. The van der Waals surface area contributed by atoms with E-state index in [4.69, 9.17) is 4.74 Å². The molecule has 2 aromatic carbocycles. The Morgan fingerprint density at radius 1 is 1.11 bits per heavy atom. The van der Waals surface area contributed by atoms with Crippen LogP contribution in [0.15, 0.2) is 66.2 Å². The van der Waals surface area contributed by atoms with Crippen LogP contribution in [0.25, 0.3) is 0 Å². The van der Waals surface area contributed by atoms with E-state index in [9.17, 15) is 0 Å². The summed E-state index contributed by atoms with van der Waals surface area (Å²) in [6.45, 7) is 5.65. The summed E-state index contributed by atoms with van der Waals surface area (Å²) in [5.41, 5.74) is 3.59. The number of hydrogen-bond acceptors (Lipinski definition) is 3. The minimum atomic E-state index is 0.497. The van der Waals surface area contributed by atoms with Gasteiger partial charge < -0.3 is 20.3 Å². The van der Waals surface area contributed by atoms with E-state index in [1.54, 1.807) is 13.1 Å². The average Bonchev–Trinajstić information content (AvgIpc) is 2.70. The molecule has 0 fully saturated rings. The number of aliphatic imine (C=N–C) groups is 1. The van der Waals surface area contributed by atoms with Gasteiger partial charge in [-0.25, -0.2) is 0 Å². The predicted octanol–water partition coefficient (Wildman–Crippen LogP) is 3.23. The van der Waals surface area contributed by atoms with Crippen LogP contribution < -0.4 is 20.3 Å². The SMILES string of the molecule is C=CCOc1ccccc1CNC(=NC)NCCc1ccc(N(C)C)cc1. The summed E-state index contributed by atoms with van der Waals surface area (Å²) in [5, 5.41) is 6.70. The lowest BCUT2D eigenvalue weighted by Gasteiger charge is -2.15. The fourth-order valence-electron chi connectivity index (χ4n) is 2.62. The van der Waals surface area contributed by atoms with Gasteiger partial charge in [0.25, 0.3) is 0 Å². The summed E-state index contributed by atoms with van der Waals surface area (Å²) in [5.74, 6) is 1.64. The van der Waals surface area contributed by atoms with E-state index in [1.165, 1.54) is 11.3 Å². The summed E-state index contributed by atoms with van der Waals surface area (Å²) in [6, 6.07) is 16.6. The van der Waals surface area contributed by atoms with Crippen molar-refractivity contribution in [3.05, 3.63) is 72.3 Å². The van der Waals surface area contributed by atoms with Crippen LogP contribution in [0.1, 0.15) is 11.1 Å². The van der Waals surface area contributed by atoms with Gasteiger partial charge in [-0.3, -0.25) is 4.99 Å². The third-order valence-corrected chi connectivity index (χ3v) is 4.16. The maximum Gasteiger partial charge on any atom is 0.191 e. The van der Waals surface area contributed by atoms with Crippen molar-refractivity contribution in [3.8, 4) is 5.75 Å². The van der Waals surface area contributed by atoms with Gasteiger partial charge in [0.15, 0.2) is 5.96 Å². The normalized spacial score (nSPS) is 11.0. The Morgan fingerprint density at radius 2 is 1.85 bits per heavy atom. The van der Waals surface area contributed by atoms with Gasteiger partial charge in [0.1, 0.15) is 12.4 Å². The molecule has 0 saturated heterocycles. The van der Waals surface area contributed by atoms with E-state index in [2.05, 4.69) is 51.4 Å². The molecule has 0 atom stereocenters. The molecular weight excluding hydrogens is 336 g/mol. The Hall–Kier alpha value is -2.95. The lowest BCUT2D eigenvalue weighted by Crippen LogP contribution is -2.37. The molecule has 144 valence electrons. The van der Waals surface area contributed by atoms with Gasteiger partial charge in [0.05, 0.1) is 0 Å². The first kappa shape index (κ1) is 20.4. The maximum absolute atomic E-state index is 5.70. The number of benzene rings is 2. The van der Waals surface area contributed by atoms with E-state index >= 15 is 0 Å². The average molecular weight is 367 g/mol. The van der Waals surface area contributed by atoms with E-state index < -0.39 is 0 Å². The second-order valence-corrected chi connectivity index (χ2v) is 6.37. The molecule has 0 aliphatic rings. The van der Waals surface area contributed by atoms with E-state index in [-0.39, 0.29) is 0 Å². The smallest absolute Gasteiger partial charge is 0.191 e. The molecule has 5 heteroatoms. The summed E-state index contributed by atoms with van der Waals surface area (Å²) < 4.78 is 5.70. The number of para-hydroxylation sites is 1. The highest BCUT2D eigenvalue weighted by molar-refractivity contribution is 5.79. The minimum absolute atomic E-state index is 0.497. The molecule has 0 amide bonds. The van der Waals surface area contributed by atoms with Crippen LogP contribution in [-0.4, -0.2) is 40.3 Å². The van der Waals surface area contributed by atoms with Crippen molar-refractivity contribution in [2.45, 2.75) is 13.0 Å². The van der Waals surface area contributed by atoms with Gasteiger partial charge in [-0.05, 0) is 30.2 Å². The van der Waals surface area contributed by atoms with Crippen molar-refractivity contribution in [1.82, 2.24) is 10.6 Å². The third-order valence-electron chi connectivity index (χ3n) is 4.16. The zero-order valence-corrected chi connectivity index (χ0v) is 16.5. The van der Waals surface area contributed by atoms with Crippen molar-refractivity contribution >= 4 is 11.6 Å². The predicted molar refractivity (Wildman–Crippen MR) is 115 cm³/mol. The van der Waals surface area contributed by atoms with Crippen LogP contribution >= 0.6 is 0 Å². The van der Waals surface area contributed by atoms with Gasteiger partial charge >= 0.3 is 0 Å². The lowest BCUT2D eigenvalue weighted by atomic mass is 10.1. The van der Waals surface area contributed by atoms with Crippen molar-refractivity contribution in [2.75, 3.05) is 39.2 Å². The summed E-state index contributed by atoms with van der Waals surface area (Å²) in [7, 11) is 5.88. The first-order valence-corrected chi connectivity index (χ1v) is 9.16. The third kappa shape index (κ3) is 6.70. The van der Waals surface area contributed by atoms with E-state index in [0.29, 0.717) is 13.2 Å². The number of rotatable bonds is 9. The summed E-state index contributed by atoms with van der Waals surface area (Å²) >= 11 is 0. The molecule has 0 aliphatic heterocycles. The molecule has 27 heavy (non-hydrogen) atoms.